The lowest BCUT2D eigenvalue weighted by molar-refractivity contribution is 0.0521. The predicted octanol–water partition coefficient (Wildman–Crippen LogP) is 2.54. The van der Waals surface area contributed by atoms with Crippen LogP contribution in [0.1, 0.15) is 36.5 Å². The van der Waals surface area contributed by atoms with E-state index in [9.17, 15) is 15.0 Å². The molecule has 32 heavy (non-hydrogen) atoms. The molecule has 10 nitrogen and oxygen atoms in total. The van der Waals surface area contributed by atoms with Crippen LogP contribution in [0.2, 0.25) is 0 Å². The number of carbonyl (C=O) groups is 1. The Kier molecular flexibility index (Phi) is 6.66. The molecule has 0 spiro atoms. The highest BCUT2D eigenvalue weighted by Crippen LogP contribution is 2.39. The summed E-state index contributed by atoms with van der Waals surface area (Å²) in [5, 5.41) is 23.9. The van der Waals surface area contributed by atoms with Gasteiger partial charge in [0.2, 0.25) is 0 Å². The molecule has 1 aliphatic rings. The van der Waals surface area contributed by atoms with Crippen molar-refractivity contribution in [3.8, 4) is 11.5 Å². The molecule has 3 aromatic rings. The topological polar surface area (TPSA) is 148 Å². The molecule has 0 bridgehead atoms. The molecule has 3 heterocycles. The number of ether oxygens (including phenoxy) is 1. The number of fused-ring (bicyclic) bond motifs is 1. The SMILES string of the molecule is CCOC(=O)c1cc(O)c(O)cc1Sc1nc2c(N)ncnc2n1CCC1CCNCC1. The summed E-state index contributed by atoms with van der Waals surface area (Å²) < 4.78 is 7.09. The van der Waals surface area contributed by atoms with Crippen LogP contribution >= 0.6 is 11.8 Å². The molecule has 1 aromatic carbocycles. The van der Waals surface area contributed by atoms with E-state index in [1.807, 2.05) is 4.57 Å². The summed E-state index contributed by atoms with van der Waals surface area (Å²) in [5.74, 6) is -0.457. The number of piperidine rings is 1. The number of anilines is 1. The highest BCUT2D eigenvalue weighted by Gasteiger charge is 2.22. The number of nitrogens with one attached hydrogen (secondary N) is 1. The van der Waals surface area contributed by atoms with E-state index in [-0.39, 0.29) is 23.7 Å². The Morgan fingerprint density at radius 1 is 1.28 bits per heavy atom. The highest BCUT2D eigenvalue weighted by atomic mass is 32.2. The maximum atomic E-state index is 12.5. The van der Waals surface area contributed by atoms with Crippen LogP contribution in [0.3, 0.4) is 0 Å². The third kappa shape index (κ3) is 4.58. The zero-order valence-electron chi connectivity index (χ0n) is 17.7. The Bertz CT molecular complexity index is 1130. The Balaban J connectivity index is 1.72. The zero-order chi connectivity index (χ0) is 22.7. The number of esters is 1. The van der Waals surface area contributed by atoms with E-state index < -0.39 is 11.7 Å². The standard InChI is InChI=1S/C21H26N6O4S/c1-2-31-20(30)13-9-14(28)15(29)10-16(13)32-21-26-17-18(22)24-11-25-19(17)27(21)8-5-12-3-6-23-7-4-12/h9-12,23,28-29H,2-8H2,1H3,(H2,22,24,25). The van der Waals surface area contributed by atoms with Gasteiger partial charge in [-0.2, -0.15) is 0 Å². The fraction of sp³-hybridized carbons (Fsp3) is 0.429. The number of rotatable bonds is 7. The van der Waals surface area contributed by atoms with Gasteiger partial charge in [-0.25, -0.2) is 19.7 Å². The fourth-order valence-electron chi connectivity index (χ4n) is 3.80. The molecule has 1 aliphatic heterocycles. The molecule has 170 valence electrons. The number of nitrogens with two attached hydrogens (primary N) is 1. The van der Waals surface area contributed by atoms with Crippen molar-refractivity contribution in [2.75, 3.05) is 25.4 Å². The molecule has 0 saturated carbocycles. The molecule has 0 radical (unpaired) electrons. The Hall–Kier alpha value is -3.05. The van der Waals surface area contributed by atoms with Crippen molar-refractivity contribution >= 4 is 34.7 Å². The van der Waals surface area contributed by atoms with Gasteiger partial charge in [-0.3, -0.25) is 0 Å². The van der Waals surface area contributed by atoms with E-state index in [0.717, 1.165) is 32.4 Å². The molecule has 0 unspecified atom stereocenters. The quantitative estimate of drug-likeness (QED) is 0.307. The van der Waals surface area contributed by atoms with Crippen molar-refractivity contribution in [2.45, 2.75) is 42.8 Å². The first-order valence-corrected chi connectivity index (χ1v) is 11.4. The number of hydrogen-bond donors (Lipinski definition) is 4. The predicted molar refractivity (Wildman–Crippen MR) is 120 cm³/mol. The van der Waals surface area contributed by atoms with E-state index in [2.05, 4.69) is 20.3 Å². The van der Waals surface area contributed by atoms with Crippen molar-refractivity contribution in [1.82, 2.24) is 24.8 Å². The van der Waals surface area contributed by atoms with Gasteiger partial charge < -0.3 is 30.6 Å². The minimum absolute atomic E-state index is 0.142. The van der Waals surface area contributed by atoms with E-state index in [1.54, 1.807) is 6.92 Å². The van der Waals surface area contributed by atoms with Gasteiger partial charge in [0.1, 0.15) is 6.33 Å². The van der Waals surface area contributed by atoms with Gasteiger partial charge >= 0.3 is 5.97 Å². The average molecular weight is 459 g/mol. The van der Waals surface area contributed by atoms with Crippen LogP contribution in [0.25, 0.3) is 11.2 Å². The van der Waals surface area contributed by atoms with E-state index in [1.165, 1.54) is 30.2 Å². The molecular formula is C21H26N6O4S. The highest BCUT2D eigenvalue weighted by molar-refractivity contribution is 7.99. The lowest BCUT2D eigenvalue weighted by atomic mass is 9.95. The smallest absolute Gasteiger partial charge is 0.339 e. The first kappa shape index (κ1) is 22.2. The third-order valence-corrected chi connectivity index (χ3v) is 6.57. The van der Waals surface area contributed by atoms with Crippen LogP contribution in [0.15, 0.2) is 28.5 Å². The lowest BCUT2D eigenvalue weighted by Crippen LogP contribution is -2.28. The van der Waals surface area contributed by atoms with Crippen LogP contribution in [-0.4, -0.2) is 55.4 Å². The molecule has 1 saturated heterocycles. The van der Waals surface area contributed by atoms with Crippen molar-refractivity contribution in [3.63, 3.8) is 0 Å². The van der Waals surface area contributed by atoms with Crippen LogP contribution in [0.4, 0.5) is 5.82 Å². The van der Waals surface area contributed by atoms with Crippen LogP contribution < -0.4 is 11.1 Å². The summed E-state index contributed by atoms with van der Waals surface area (Å²) >= 11 is 1.18. The minimum Gasteiger partial charge on any atom is -0.504 e. The second kappa shape index (κ2) is 9.61. The summed E-state index contributed by atoms with van der Waals surface area (Å²) in [4.78, 5) is 25.9. The third-order valence-electron chi connectivity index (χ3n) is 5.52. The first-order valence-electron chi connectivity index (χ1n) is 10.6. The number of aromatic hydroxyl groups is 2. The Labute approximate surface area is 189 Å². The maximum absolute atomic E-state index is 12.5. The van der Waals surface area contributed by atoms with E-state index >= 15 is 0 Å². The number of benzene rings is 1. The number of phenols is 2. The van der Waals surface area contributed by atoms with E-state index in [4.69, 9.17) is 10.5 Å². The number of carbonyl (C=O) groups excluding carboxylic acids is 1. The number of phenolic OH excluding ortho intramolecular Hbond substituents is 2. The van der Waals surface area contributed by atoms with E-state index in [0.29, 0.717) is 33.7 Å². The van der Waals surface area contributed by atoms with Crippen molar-refractivity contribution < 1.29 is 19.7 Å². The molecule has 11 heteroatoms. The summed E-state index contributed by atoms with van der Waals surface area (Å²) in [6, 6.07) is 2.53. The molecular weight excluding hydrogens is 432 g/mol. The second-order valence-electron chi connectivity index (χ2n) is 7.62. The molecule has 0 aliphatic carbocycles. The molecule has 2 aromatic heterocycles. The summed E-state index contributed by atoms with van der Waals surface area (Å²) in [7, 11) is 0. The number of nitrogens with zero attached hydrogens (tertiary/aromatic N) is 4. The number of aromatic nitrogens is 4. The first-order chi connectivity index (χ1) is 15.5. The number of imidazole rings is 1. The molecule has 0 amide bonds. The van der Waals surface area contributed by atoms with Gasteiger partial charge in [-0.05, 0) is 57.3 Å². The van der Waals surface area contributed by atoms with Gasteiger partial charge in [0.25, 0.3) is 0 Å². The Morgan fingerprint density at radius 3 is 2.78 bits per heavy atom. The fourth-order valence-corrected chi connectivity index (χ4v) is 4.85. The zero-order valence-corrected chi connectivity index (χ0v) is 18.6. The van der Waals surface area contributed by atoms with Crippen molar-refractivity contribution in [1.29, 1.82) is 0 Å². The minimum atomic E-state index is -0.595. The number of nitrogen functional groups attached to an aromatic ring is 1. The monoisotopic (exact) mass is 458 g/mol. The van der Waals surface area contributed by atoms with Gasteiger partial charge in [-0.1, -0.05) is 11.8 Å². The average Bonchev–Trinajstić information content (AvgIpc) is 3.14. The summed E-state index contributed by atoms with van der Waals surface area (Å²) in [6.45, 7) is 4.60. The maximum Gasteiger partial charge on any atom is 0.339 e. The number of hydrogen-bond acceptors (Lipinski definition) is 10. The van der Waals surface area contributed by atoms with Gasteiger partial charge in [0.05, 0.1) is 12.2 Å². The van der Waals surface area contributed by atoms with Gasteiger partial charge in [0, 0.05) is 11.4 Å². The van der Waals surface area contributed by atoms with Crippen LogP contribution in [0.5, 0.6) is 11.5 Å². The molecule has 1 fully saturated rings. The Morgan fingerprint density at radius 2 is 2.03 bits per heavy atom. The summed E-state index contributed by atoms with van der Waals surface area (Å²) in [6.07, 6.45) is 4.59. The normalized spacial score (nSPS) is 14.7. The van der Waals surface area contributed by atoms with Gasteiger partial charge in [-0.15, -0.1) is 0 Å². The summed E-state index contributed by atoms with van der Waals surface area (Å²) in [5.41, 5.74) is 7.29. The molecule has 5 N–H and O–H groups in total. The number of aryl methyl sites for hydroxylation is 1. The molecule has 0 atom stereocenters. The molecule has 4 rings (SSSR count). The second-order valence-corrected chi connectivity index (χ2v) is 8.63. The lowest BCUT2D eigenvalue weighted by Gasteiger charge is -2.23. The van der Waals surface area contributed by atoms with Gasteiger partial charge in [0.15, 0.2) is 33.6 Å². The largest absolute Gasteiger partial charge is 0.504 e. The van der Waals surface area contributed by atoms with Crippen molar-refractivity contribution in [3.05, 3.63) is 24.0 Å². The van der Waals surface area contributed by atoms with Crippen LogP contribution in [-0.2, 0) is 11.3 Å². The van der Waals surface area contributed by atoms with Crippen LogP contribution in [0, 0.1) is 5.92 Å². The van der Waals surface area contributed by atoms with Crippen molar-refractivity contribution in [2.24, 2.45) is 5.92 Å².